The fraction of sp³-hybridized carbons (Fsp3) is 0.333. The summed E-state index contributed by atoms with van der Waals surface area (Å²) in [6.45, 7) is 4.74. The van der Waals surface area contributed by atoms with Gasteiger partial charge in [0.25, 0.3) is 0 Å². The molecule has 1 fully saturated rings. The van der Waals surface area contributed by atoms with Crippen LogP contribution in [-0.4, -0.2) is 39.0 Å². The van der Waals surface area contributed by atoms with Crippen molar-refractivity contribution in [3.8, 4) is 11.8 Å². The molecule has 2 aromatic carbocycles. The Morgan fingerprint density at radius 3 is 2.52 bits per heavy atom. The van der Waals surface area contributed by atoms with Crippen LogP contribution in [-0.2, 0) is 9.59 Å². The van der Waals surface area contributed by atoms with E-state index < -0.39 is 0 Å². The van der Waals surface area contributed by atoms with Crippen molar-refractivity contribution in [3.05, 3.63) is 59.2 Å². The van der Waals surface area contributed by atoms with Gasteiger partial charge in [0, 0.05) is 44.0 Å². The van der Waals surface area contributed by atoms with Gasteiger partial charge in [0.05, 0.1) is 12.5 Å². The van der Waals surface area contributed by atoms with Crippen LogP contribution in [0.2, 0.25) is 0 Å². The van der Waals surface area contributed by atoms with Crippen LogP contribution in [0, 0.1) is 31.6 Å². The molecule has 0 aliphatic carbocycles. The lowest BCUT2D eigenvalue weighted by molar-refractivity contribution is -0.126. The number of hydrogen-bond donors (Lipinski definition) is 1. The first kappa shape index (κ1) is 20.5. The van der Waals surface area contributed by atoms with E-state index in [-0.39, 0.29) is 30.7 Å². The fourth-order valence-corrected chi connectivity index (χ4v) is 3.29. The first-order chi connectivity index (χ1) is 13.8. The summed E-state index contributed by atoms with van der Waals surface area (Å²) in [5, 5.41) is 2.84. The number of nitrogens with one attached hydrogen (secondary N) is 1. The Morgan fingerprint density at radius 1 is 1.14 bits per heavy atom. The van der Waals surface area contributed by atoms with Gasteiger partial charge in [-0.25, -0.2) is 0 Å². The van der Waals surface area contributed by atoms with Gasteiger partial charge in [-0.2, -0.15) is 0 Å². The Balaban J connectivity index is 1.54. The molecule has 5 nitrogen and oxygen atoms in total. The average Bonchev–Trinajstić information content (AvgIpc) is 3.09. The number of aryl methyl sites for hydroxylation is 2. The second-order valence-electron chi connectivity index (χ2n) is 7.63. The van der Waals surface area contributed by atoms with E-state index in [1.807, 2.05) is 75.3 Å². The van der Waals surface area contributed by atoms with Crippen molar-refractivity contribution in [1.29, 1.82) is 0 Å². The summed E-state index contributed by atoms with van der Waals surface area (Å²) >= 11 is 0. The summed E-state index contributed by atoms with van der Waals surface area (Å²) in [4.78, 5) is 28.6. The second kappa shape index (κ2) is 8.83. The number of carbonyl (C=O) groups is 2. The molecule has 1 unspecified atom stereocenters. The molecular weight excluding hydrogens is 362 g/mol. The number of benzene rings is 2. The number of carbonyl (C=O) groups excluding carboxylic acids is 2. The van der Waals surface area contributed by atoms with Crippen molar-refractivity contribution in [2.24, 2.45) is 5.92 Å². The summed E-state index contributed by atoms with van der Waals surface area (Å²) in [6.07, 6.45) is 0.234. The number of amides is 2. The molecule has 0 aromatic heterocycles. The first-order valence-electron chi connectivity index (χ1n) is 9.76. The molecular formula is C24H27N3O2. The standard InChI is InChI=1S/C24H27N3O2/c1-17-7-10-22(14-18(17)2)27-16-20(15-23(27)28)24(29)25-13-5-6-19-8-11-21(12-9-19)26(3)4/h7-12,14,20H,13,15-16H2,1-4H3,(H,25,29). The predicted octanol–water partition coefficient (Wildman–Crippen LogP) is 2.89. The number of nitrogens with zero attached hydrogens (tertiary/aromatic N) is 2. The molecule has 0 bridgehead atoms. The van der Waals surface area contributed by atoms with Crippen molar-refractivity contribution in [2.75, 3.05) is 37.0 Å². The van der Waals surface area contributed by atoms with Crippen LogP contribution in [0.4, 0.5) is 11.4 Å². The van der Waals surface area contributed by atoms with Crippen LogP contribution in [0.15, 0.2) is 42.5 Å². The summed E-state index contributed by atoms with van der Waals surface area (Å²) in [6, 6.07) is 13.9. The third-order valence-corrected chi connectivity index (χ3v) is 5.27. The third kappa shape index (κ3) is 4.97. The second-order valence-corrected chi connectivity index (χ2v) is 7.63. The molecule has 0 spiro atoms. The minimum atomic E-state index is -0.342. The largest absolute Gasteiger partial charge is 0.378 e. The van der Waals surface area contributed by atoms with Crippen molar-refractivity contribution < 1.29 is 9.59 Å². The Kier molecular flexibility index (Phi) is 6.23. The van der Waals surface area contributed by atoms with Gasteiger partial charge in [0.15, 0.2) is 0 Å². The van der Waals surface area contributed by atoms with E-state index in [0.29, 0.717) is 6.54 Å². The summed E-state index contributed by atoms with van der Waals surface area (Å²) in [7, 11) is 3.98. The molecule has 29 heavy (non-hydrogen) atoms. The Morgan fingerprint density at radius 2 is 1.86 bits per heavy atom. The number of anilines is 2. The highest BCUT2D eigenvalue weighted by Gasteiger charge is 2.34. The van der Waals surface area contributed by atoms with Gasteiger partial charge in [-0.15, -0.1) is 0 Å². The topological polar surface area (TPSA) is 52.7 Å². The first-order valence-corrected chi connectivity index (χ1v) is 9.76. The van der Waals surface area contributed by atoms with Crippen LogP contribution >= 0.6 is 0 Å². The van der Waals surface area contributed by atoms with Crippen LogP contribution in [0.1, 0.15) is 23.1 Å². The molecule has 1 heterocycles. The van der Waals surface area contributed by atoms with Gasteiger partial charge in [-0.1, -0.05) is 17.9 Å². The SMILES string of the molecule is Cc1ccc(N2CC(C(=O)NCC#Cc3ccc(N(C)C)cc3)CC2=O)cc1C. The van der Waals surface area contributed by atoms with E-state index in [1.165, 1.54) is 5.56 Å². The molecule has 1 aliphatic rings. The Hall–Kier alpha value is -3.26. The predicted molar refractivity (Wildman–Crippen MR) is 117 cm³/mol. The normalized spacial score (nSPS) is 15.7. The molecule has 150 valence electrons. The Bertz CT molecular complexity index is 968. The quantitative estimate of drug-likeness (QED) is 0.818. The van der Waals surface area contributed by atoms with Gasteiger partial charge >= 0.3 is 0 Å². The van der Waals surface area contributed by atoms with E-state index in [1.54, 1.807) is 4.90 Å². The highest BCUT2D eigenvalue weighted by atomic mass is 16.2. The highest BCUT2D eigenvalue weighted by molar-refractivity contribution is 6.00. The maximum Gasteiger partial charge on any atom is 0.227 e. The lowest BCUT2D eigenvalue weighted by atomic mass is 10.1. The number of rotatable bonds is 4. The maximum atomic E-state index is 12.5. The van der Waals surface area contributed by atoms with E-state index in [4.69, 9.17) is 0 Å². The van der Waals surface area contributed by atoms with Crippen molar-refractivity contribution in [1.82, 2.24) is 5.32 Å². The van der Waals surface area contributed by atoms with Crippen LogP contribution in [0.5, 0.6) is 0 Å². The van der Waals surface area contributed by atoms with E-state index in [2.05, 4.69) is 17.2 Å². The molecule has 1 atom stereocenters. The van der Waals surface area contributed by atoms with Crippen LogP contribution in [0.3, 0.4) is 0 Å². The zero-order valence-electron chi connectivity index (χ0n) is 17.5. The van der Waals surface area contributed by atoms with Gasteiger partial charge in [-0.05, 0) is 61.4 Å². The van der Waals surface area contributed by atoms with Gasteiger partial charge in [0.2, 0.25) is 11.8 Å². The van der Waals surface area contributed by atoms with Crippen LogP contribution < -0.4 is 15.1 Å². The summed E-state index contributed by atoms with van der Waals surface area (Å²) < 4.78 is 0. The van der Waals surface area contributed by atoms with Gasteiger partial charge in [-0.3, -0.25) is 9.59 Å². The van der Waals surface area contributed by atoms with Crippen molar-refractivity contribution >= 4 is 23.2 Å². The molecule has 0 radical (unpaired) electrons. The van der Waals surface area contributed by atoms with Gasteiger partial charge in [0.1, 0.15) is 0 Å². The fourth-order valence-electron chi connectivity index (χ4n) is 3.29. The average molecular weight is 389 g/mol. The molecule has 5 heteroatoms. The Labute approximate surface area is 172 Å². The molecule has 3 rings (SSSR count). The molecule has 1 saturated heterocycles. The van der Waals surface area contributed by atoms with Crippen molar-refractivity contribution in [2.45, 2.75) is 20.3 Å². The lowest BCUT2D eigenvalue weighted by Gasteiger charge is -2.17. The lowest BCUT2D eigenvalue weighted by Crippen LogP contribution is -2.33. The summed E-state index contributed by atoms with van der Waals surface area (Å²) in [5.74, 6) is 5.55. The molecule has 2 aromatic rings. The number of hydrogen-bond acceptors (Lipinski definition) is 3. The van der Waals surface area contributed by atoms with E-state index >= 15 is 0 Å². The smallest absolute Gasteiger partial charge is 0.227 e. The molecule has 1 aliphatic heterocycles. The maximum absolute atomic E-state index is 12.5. The minimum absolute atomic E-state index is 0.0135. The van der Waals surface area contributed by atoms with Gasteiger partial charge < -0.3 is 15.1 Å². The minimum Gasteiger partial charge on any atom is -0.378 e. The van der Waals surface area contributed by atoms with Crippen LogP contribution in [0.25, 0.3) is 0 Å². The molecule has 1 N–H and O–H groups in total. The monoisotopic (exact) mass is 389 g/mol. The van der Waals surface area contributed by atoms with E-state index in [0.717, 1.165) is 22.5 Å². The molecule has 0 saturated carbocycles. The zero-order chi connectivity index (χ0) is 21.0. The zero-order valence-corrected chi connectivity index (χ0v) is 17.5. The third-order valence-electron chi connectivity index (χ3n) is 5.27. The highest BCUT2D eigenvalue weighted by Crippen LogP contribution is 2.26. The summed E-state index contributed by atoms with van der Waals surface area (Å²) in [5.41, 5.74) is 5.20. The van der Waals surface area contributed by atoms with Crippen molar-refractivity contribution in [3.63, 3.8) is 0 Å². The van der Waals surface area contributed by atoms with E-state index in [9.17, 15) is 9.59 Å². The molecule has 2 amide bonds.